The zero-order valence-corrected chi connectivity index (χ0v) is 23.1. The minimum absolute atomic E-state index is 0.000280. The number of aliphatic carboxylic acids is 1. The Labute approximate surface area is 228 Å². The number of carbonyl (C=O) groups is 3. The highest BCUT2D eigenvalue weighted by Crippen LogP contribution is 2.20. The minimum Gasteiger partial charge on any atom is -0.475 e. The summed E-state index contributed by atoms with van der Waals surface area (Å²) >= 11 is 0. The Bertz CT molecular complexity index is 1320. The molecule has 1 aromatic heterocycles. The van der Waals surface area contributed by atoms with Gasteiger partial charge in [-0.05, 0) is 65.0 Å². The number of H-pyrrole nitrogens is 1. The maximum absolute atomic E-state index is 14.6. The molecule has 2 amide bonds. The summed E-state index contributed by atoms with van der Waals surface area (Å²) in [6.07, 6.45) is -4.72. The third-order valence-electron chi connectivity index (χ3n) is 7.00. The zero-order valence-electron chi connectivity index (χ0n) is 23.1. The number of amides is 2. The second-order valence-electron chi connectivity index (χ2n) is 10.1. The van der Waals surface area contributed by atoms with Crippen LogP contribution in [0, 0.1) is 19.7 Å². The van der Waals surface area contributed by atoms with Crippen molar-refractivity contribution in [2.45, 2.75) is 45.8 Å². The van der Waals surface area contributed by atoms with Crippen molar-refractivity contribution >= 4 is 17.8 Å². The molecule has 0 bridgehead atoms. The van der Waals surface area contributed by atoms with Gasteiger partial charge >= 0.3 is 12.1 Å². The third-order valence-corrected chi connectivity index (χ3v) is 7.00. The predicted octanol–water partition coefficient (Wildman–Crippen LogP) is 2.37. The van der Waals surface area contributed by atoms with Crippen molar-refractivity contribution in [2.75, 3.05) is 40.3 Å². The maximum atomic E-state index is 14.6. The average Bonchev–Trinajstić information content (AvgIpc) is 2.89. The van der Waals surface area contributed by atoms with Crippen LogP contribution in [0.15, 0.2) is 23.0 Å². The van der Waals surface area contributed by atoms with Crippen LogP contribution in [0.25, 0.3) is 0 Å². The molecule has 220 valence electrons. The minimum atomic E-state index is -5.08. The molecule has 1 saturated heterocycles. The molecule has 10 nitrogen and oxygen atoms in total. The second-order valence-corrected chi connectivity index (χ2v) is 10.1. The van der Waals surface area contributed by atoms with Gasteiger partial charge in [0, 0.05) is 38.2 Å². The van der Waals surface area contributed by atoms with Gasteiger partial charge in [-0.3, -0.25) is 19.3 Å². The highest BCUT2D eigenvalue weighted by molar-refractivity contribution is 5.95. The van der Waals surface area contributed by atoms with E-state index in [1.54, 1.807) is 28.9 Å². The van der Waals surface area contributed by atoms with Crippen molar-refractivity contribution in [3.8, 4) is 0 Å². The molecule has 0 unspecified atom stereocenters. The molecule has 14 heteroatoms. The summed E-state index contributed by atoms with van der Waals surface area (Å²) in [5.41, 5.74) is 1.88. The number of benzene rings is 1. The first-order chi connectivity index (χ1) is 18.4. The lowest BCUT2D eigenvalue weighted by atomic mass is 10.0. The summed E-state index contributed by atoms with van der Waals surface area (Å²) in [6.45, 7) is 8.78. The Hall–Kier alpha value is -3.81. The number of aromatic nitrogens is 2. The first kappa shape index (κ1) is 32.4. The fourth-order valence-electron chi connectivity index (χ4n) is 3.75. The quantitative estimate of drug-likeness (QED) is 0.528. The van der Waals surface area contributed by atoms with E-state index in [2.05, 4.69) is 10.2 Å². The van der Waals surface area contributed by atoms with Crippen molar-refractivity contribution in [3.05, 3.63) is 62.3 Å². The molecule has 0 aliphatic carbocycles. The number of hydrogen-bond acceptors (Lipinski definition) is 6. The number of nitrogens with zero attached hydrogens (tertiary/aromatic N) is 4. The summed E-state index contributed by atoms with van der Waals surface area (Å²) in [4.78, 5) is 51.7. The highest BCUT2D eigenvalue weighted by atomic mass is 19.4. The van der Waals surface area contributed by atoms with Crippen LogP contribution in [0.3, 0.4) is 0 Å². The van der Waals surface area contributed by atoms with E-state index in [0.717, 1.165) is 11.1 Å². The largest absolute Gasteiger partial charge is 0.490 e. The number of halogens is 4. The Morgan fingerprint density at radius 3 is 2.05 bits per heavy atom. The molecule has 3 rings (SSSR count). The predicted molar refractivity (Wildman–Crippen MR) is 137 cm³/mol. The van der Waals surface area contributed by atoms with Crippen molar-refractivity contribution in [2.24, 2.45) is 0 Å². The van der Waals surface area contributed by atoms with Gasteiger partial charge in [-0.2, -0.15) is 18.3 Å². The van der Waals surface area contributed by atoms with Gasteiger partial charge in [-0.1, -0.05) is 6.07 Å². The van der Waals surface area contributed by atoms with Crippen LogP contribution >= 0.6 is 0 Å². The molecule has 0 saturated carbocycles. The van der Waals surface area contributed by atoms with Crippen LogP contribution in [0.4, 0.5) is 17.6 Å². The molecule has 1 aliphatic heterocycles. The smallest absolute Gasteiger partial charge is 0.475 e. The van der Waals surface area contributed by atoms with Crippen molar-refractivity contribution in [3.63, 3.8) is 0 Å². The number of nitrogens with one attached hydrogen (secondary N) is 1. The van der Waals surface area contributed by atoms with Crippen LogP contribution in [-0.2, 0) is 16.0 Å². The van der Waals surface area contributed by atoms with E-state index in [1.807, 2.05) is 39.8 Å². The van der Waals surface area contributed by atoms with E-state index in [-0.39, 0.29) is 17.0 Å². The number of hydrogen-bond donors (Lipinski definition) is 2. The Morgan fingerprint density at radius 2 is 1.55 bits per heavy atom. The fraction of sp³-hybridized carbons (Fsp3) is 0.500. The lowest BCUT2D eigenvalue weighted by molar-refractivity contribution is -0.192. The number of rotatable bonds is 5. The molecule has 1 aromatic carbocycles. The second kappa shape index (κ2) is 12.6. The van der Waals surface area contributed by atoms with E-state index < -0.39 is 29.4 Å². The Morgan fingerprint density at radius 1 is 1.02 bits per heavy atom. The van der Waals surface area contributed by atoms with Gasteiger partial charge in [-0.15, -0.1) is 0 Å². The number of alkyl halides is 3. The van der Waals surface area contributed by atoms with E-state index in [1.165, 1.54) is 6.07 Å². The van der Waals surface area contributed by atoms with Crippen LogP contribution in [0.2, 0.25) is 0 Å². The van der Waals surface area contributed by atoms with Crippen molar-refractivity contribution in [1.82, 2.24) is 24.9 Å². The summed E-state index contributed by atoms with van der Waals surface area (Å²) in [5, 5.41) is 13.7. The van der Waals surface area contributed by atoms with E-state index >= 15 is 0 Å². The number of likely N-dealkylation sites (N-methyl/N-ethyl adjacent to an activating group) is 1. The SMILES string of the molecule is Cc1c(Cc2ccc(F)c(C(=O)N3CCN(C(=O)C(C)(C)N(C)C)CC3)c2)n[nH]c(=O)c1C.O=C(O)C(F)(F)F. The molecular weight excluding hydrogens is 538 g/mol. The molecular formula is C26H33F4N5O5. The van der Waals surface area contributed by atoms with Crippen LogP contribution < -0.4 is 5.56 Å². The number of piperazine rings is 1. The van der Waals surface area contributed by atoms with Gasteiger partial charge in [0.05, 0.1) is 16.8 Å². The topological polar surface area (TPSA) is 127 Å². The summed E-state index contributed by atoms with van der Waals surface area (Å²) in [7, 11) is 3.72. The van der Waals surface area contributed by atoms with Gasteiger partial charge in [0.1, 0.15) is 5.82 Å². The van der Waals surface area contributed by atoms with Crippen molar-refractivity contribution < 1.29 is 37.1 Å². The normalized spacial score (nSPS) is 14.1. The molecule has 2 aromatic rings. The first-order valence-electron chi connectivity index (χ1n) is 12.3. The summed E-state index contributed by atoms with van der Waals surface area (Å²) in [6, 6.07) is 4.45. The van der Waals surface area contributed by atoms with Gasteiger partial charge in [-0.25, -0.2) is 14.3 Å². The number of carboxylic acids is 1. The van der Waals surface area contributed by atoms with E-state index in [4.69, 9.17) is 9.90 Å². The van der Waals surface area contributed by atoms with Crippen LogP contribution in [-0.4, -0.2) is 99.8 Å². The first-order valence-corrected chi connectivity index (χ1v) is 12.3. The van der Waals surface area contributed by atoms with Crippen molar-refractivity contribution in [1.29, 1.82) is 0 Å². The highest BCUT2D eigenvalue weighted by Gasteiger charge is 2.38. The Kier molecular flexibility index (Phi) is 10.2. The molecule has 2 heterocycles. The molecule has 1 aliphatic rings. The van der Waals surface area contributed by atoms with Gasteiger partial charge < -0.3 is 14.9 Å². The molecule has 1 fully saturated rings. The monoisotopic (exact) mass is 571 g/mol. The lowest BCUT2D eigenvalue weighted by Gasteiger charge is -2.40. The fourth-order valence-corrected chi connectivity index (χ4v) is 3.75. The third kappa shape index (κ3) is 7.64. The summed E-state index contributed by atoms with van der Waals surface area (Å²) < 4.78 is 46.3. The molecule has 0 spiro atoms. The lowest BCUT2D eigenvalue weighted by Crippen LogP contribution is -2.58. The zero-order chi connectivity index (χ0) is 30.6. The maximum Gasteiger partial charge on any atom is 0.490 e. The standard InChI is InChI=1S/C24H32FN5O3.C2HF3O2/c1-15-16(2)21(31)27-26-20(15)14-17-7-8-19(25)18(13-17)22(32)29-9-11-30(12-10-29)23(33)24(3,4)28(5)6;3-2(4,5)1(6)7/h7-8,13H,9-12,14H2,1-6H3,(H,27,31);(H,6,7). The molecule has 2 N–H and O–H groups in total. The molecule has 0 radical (unpaired) electrons. The molecule has 40 heavy (non-hydrogen) atoms. The number of carboxylic acid groups (broad SMARTS) is 1. The molecule has 0 atom stereocenters. The van der Waals surface area contributed by atoms with Crippen LogP contribution in [0.5, 0.6) is 0 Å². The average molecular weight is 572 g/mol. The number of carbonyl (C=O) groups excluding carboxylic acids is 2. The Balaban J connectivity index is 0.000000708. The van der Waals surface area contributed by atoms with Gasteiger partial charge in [0.15, 0.2) is 0 Å². The van der Waals surface area contributed by atoms with E-state index in [0.29, 0.717) is 43.9 Å². The van der Waals surface area contributed by atoms with Gasteiger partial charge in [0.25, 0.3) is 11.5 Å². The van der Waals surface area contributed by atoms with E-state index in [9.17, 15) is 31.9 Å². The van der Waals surface area contributed by atoms with Crippen LogP contribution in [0.1, 0.15) is 46.6 Å². The summed E-state index contributed by atoms with van der Waals surface area (Å²) in [5.74, 6) is -3.73. The number of aromatic amines is 1. The van der Waals surface area contributed by atoms with Gasteiger partial charge in [0.2, 0.25) is 5.91 Å².